The first-order chi connectivity index (χ1) is 9.76. The van der Waals surface area contributed by atoms with Crippen molar-refractivity contribution >= 4 is 11.9 Å². The Hall–Kier alpha value is -1.26. The maximum atomic E-state index is 11.4. The van der Waals surface area contributed by atoms with Crippen molar-refractivity contribution in [1.29, 1.82) is 0 Å². The smallest absolute Gasteiger partial charge is 0.224 e. The average molecular weight is 296 g/mol. The molecule has 122 valence electrons. The van der Waals surface area contributed by atoms with Crippen LogP contribution in [0.5, 0.6) is 0 Å². The van der Waals surface area contributed by atoms with Gasteiger partial charge in [-0.3, -0.25) is 9.79 Å². The van der Waals surface area contributed by atoms with Gasteiger partial charge in [0.05, 0.1) is 12.0 Å². The molecule has 0 aromatic rings. The highest BCUT2D eigenvalue weighted by Crippen LogP contribution is 2.23. The number of nitrogens with zero attached hydrogens (tertiary/aromatic N) is 2. The van der Waals surface area contributed by atoms with Crippen LogP contribution in [0.2, 0.25) is 0 Å². The summed E-state index contributed by atoms with van der Waals surface area (Å²) in [6.07, 6.45) is 2.49. The van der Waals surface area contributed by atoms with Crippen molar-refractivity contribution in [3.63, 3.8) is 0 Å². The Morgan fingerprint density at radius 2 is 2.14 bits per heavy atom. The molecule has 0 aromatic carbocycles. The van der Waals surface area contributed by atoms with Gasteiger partial charge in [0.15, 0.2) is 5.96 Å². The first kappa shape index (κ1) is 17.8. The lowest BCUT2D eigenvalue weighted by Crippen LogP contribution is -2.42. The third kappa shape index (κ3) is 5.56. The predicted molar refractivity (Wildman–Crippen MR) is 88.1 cm³/mol. The summed E-state index contributed by atoms with van der Waals surface area (Å²) in [7, 11) is 0. The number of nitrogens with one attached hydrogen (secondary N) is 1. The highest BCUT2D eigenvalue weighted by atomic mass is 16.1. The molecule has 0 aliphatic carbocycles. The lowest BCUT2D eigenvalue weighted by molar-refractivity contribution is -0.125. The molecule has 1 unspecified atom stereocenters. The maximum Gasteiger partial charge on any atom is 0.224 e. The molecule has 0 bridgehead atoms. The molecule has 0 radical (unpaired) electrons. The van der Waals surface area contributed by atoms with E-state index in [1.54, 1.807) is 0 Å². The van der Waals surface area contributed by atoms with E-state index in [2.05, 4.69) is 36.0 Å². The van der Waals surface area contributed by atoms with Crippen molar-refractivity contribution in [2.24, 2.45) is 28.0 Å². The van der Waals surface area contributed by atoms with Gasteiger partial charge in [0.25, 0.3) is 0 Å². The van der Waals surface area contributed by atoms with E-state index in [0.29, 0.717) is 6.54 Å². The van der Waals surface area contributed by atoms with Crippen LogP contribution >= 0.6 is 0 Å². The summed E-state index contributed by atoms with van der Waals surface area (Å²) in [4.78, 5) is 18.4. The number of carbonyl (C=O) groups is 1. The molecule has 1 heterocycles. The Bertz CT molecular complexity index is 376. The van der Waals surface area contributed by atoms with Gasteiger partial charge in [-0.2, -0.15) is 0 Å². The van der Waals surface area contributed by atoms with Gasteiger partial charge in [-0.05, 0) is 45.4 Å². The van der Waals surface area contributed by atoms with Crippen molar-refractivity contribution in [3.05, 3.63) is 0 Å². The number of guanidine groups is 1. The summed E-state index contributed by atoms with van der Waals surface area (Å²) >= 11 is 0. The number of hydrogen-bond acceptors (Lipinski definition) is 2. The highest BCUT2D eigenvalue weighted by Gasteiger charge is 2.28. The summed E-state index contributed by atoms with van der Waals surface area (Å²) in [6.45, 7) is 13.7. The van der Waals surface area contributed by atoms with Crippen LogP contribution in [-0.2, 0) is 4.79 Å². The van der Waals surface area contributed by atoms with E-state index in [0.717, 1.165) is 37.4 Å². The summed E-state index contributed by atoms with van der Waals surface area (Å²) in [6, 6.07) is 0. The van der Waals surface area contributed by atoms with Crippen LogP contribution in [0.4, 0.5) is 0 Å². The quantitative estimate of drug-likeness (QED) is 0.580. The normalized spacial score (nSPS) is 20.2. The monoisotopic (exact) mass is 296 g/mol. The molecule has 1 rings (SSSR count). The zero-order chi connectivity index (χ0) is 16.0. The van der Waals surface area contributed by atoms with E-state index in [-0.39, 0.29) is 5.91 Å². The first-order valence-electron chi connectivity index (χ1n) is 8.09. The summed E-state index contributed by atoms with van der Waals surface area (Å²) in [5.41, 5.74) is 4.82. The molecular formula is C16H32N4O. The fourth-order valence-corrected chi connectivity index (χ4v) is 2.66. The lowest BCUT2D eigenvalue weighted by Gasteiger charge is -2.24. The predicted octanol–water partition coefficient (Wildman–Crippen LogP) is 1.83. The fraction of sp³-hybridized carbons (Fsp3) is 0.875. The van der Waals surface area contributed by atoms with Crippen LogP contribution in [0.15, 0.2) is 4.99 Å². The van der Waals surface area contributed by atoms with Crippen LogP contribution in [-0.4, -0.2) is 42.9 Å². The zero-order valence-corrected chi connectivity index (χ0v) is 14.3. The number of primary amides is 1. The van der Waals surface area contributed by atoms with Crippen LogP contribution < -0.4 is 11.1 Å². The molecule has 1 amide bonds. The van der Waals surface area contributed by atoms with Gasteiger partial charge in [-0.25, -0.2) is 0 Å². The van der Waals surface area contributed by atoms with Crippen LogP contribution in [0.1, 0.15) is 47.5 Å². The van der Waals surface area contributed by atoms with E-state index >= 15 is 0 Å². The van der Waals surface area contributed by atoms with Gasteiger partial charge in [-0.15, -0.1) is 0 Å². The Balaban J connectivity index is 2.67. The van der Waals surface area contributed by atoms with E-state index in [4.69, 9.17) is 5.73 Å². The summed E-state index contributed by atoms with van der Waals surface area (Å²) in [5, 5.41) is 3.33. The molecule has 0 aromatic heterocycles. The van der Waals surface area contributed by atoms with Gasteiger partial charge >= 0.3 is 0 Å². The number of nitrogens with two attached hydrogens (primary N) is 1. The second-order valence-electron chi connectivity index (χ2n) is 7.15. The second kappa shape index (κ2) is 7.66. The molecule has 3 N–H and O–H groups in total. The van der Waals surface area contributed by atoms with Gasteiger partial charge in [0.1, 0.15) is 0 Å². The van der Waals surface area contributed by atoms with Crippen molar-refractivity contribution in [2.75, 3.05) is 26.2 Å². The summed E-state index contributed by atoms with van der Waals surface area (Å²) in [5.74, 6) is 2.10. The lowest BCUT2D eigenvalue weighted by atomic mass is 9.93. The number of likely N-dealkylation sites (tertiary alicyclic amines) is 1. The molecule has 1 aliphatic rings. The Labute approximate surface area is 129 Å². The largest absolute Gasteiger partial charge is 0.369 e. The van der Waals surface area contributed by atoms with Gasteiger partial charge < -0.3 is 16.0 Å². The standard InChI is InChI=1S/C16H32N4O/c1-6-18-15(19-11-16(4,5)14(17)21)20-8-7-13(10-20)9-12(2)3/h12-13H,6-11H2,1-5H3,(H2,17,21)(H,18,19). The third-order valence-electron chi connectivity index (χ3n) is 4.02. The summed E-state index contributed by atoms with van der Waals surface area (Å²) < 4.78 is 0. The molecular weight excluding hydrogens is 264 g/mol. The van der Waals surface area contributed by atoms with Crippen LogP contribution in [0, 0.1) is 17.3 Å². The number of rotatable bonds is 6. The molecule has 1 aliphatic heterocycles. The highest BCUT2D eigenvalue weighted by molar-refractivity contribution is 5.82. The van der Waals surface area contributed by atoms with Crippen LogP contribution in [0.3, 0.4) is 0 Å². The van der Waals surface area contributed by atoms with Gasteiger partial charge in [0, 0.05) is 19.6 Å². The number of amides is 1. The molecule has 1 fully saturated rings. The van der Waals surface area contributed by atoms with Crippen molar-refractivity contribution in [1.82, 2.24) is 10.2 Å². The first-order valence-corrected chi connectivity index (χ1v) is 8.09. The topological polar surface area (TPSA) is 70.7 Å². The average Bonchev–Trinajstić information content (AvgIpc) is 2.81. The Morgan fingerprint density at radius 3 is 2.67 bits per heavy atom. The molecule has 1 atom stereocenters. The minimum atomic E-state index is -0.599. The Morgan fingerprint density at radius 1 is 1.48 bits per heavy atom. The minimum Gasteiger partial charge on any atom is -0.369 e. The van der Waals surface area contributed by atoms with E-state index in [1.165, 1.54) is 12.8 Å². The number of aliphatic imine (C=N–C) groups is 1. The second-order valence-corrected chi connectivity index (χ2v) is 7.15. The van der Waals surface area contributed by atoms with Crippen molar-refractivity contribution < 1.29 is 4.79 Å². The molecule has 5 nitrogen and oxygen atoms in total. The minimum absolute atomic E-state index is 0.304. The molecule has 0 saturated carbocycles. The maximum absolute atomic E-state index is 11.4. The zero-order valence-electron chi connectivity index (χ0n) is 14.3. The Kier molecular flexibility index (Phi) is 6.49. The molecule has 5 heteroatoms. The molecule has 0 spiro atoms. The van der Waals surface area contributed by atoms with Gasteiger partial charge in [0.2, 0.25) is 5.91 Å². The van der Waals surface area contributed by atoms with Crippen LogP contribution in [0.25, 0.3) is 0 Å². The number of hydrogen-bond donors (Lipinski definition) is 2. The third-order valence-corrected chi connectivity index (χ3v) is 4.02. The molecule has 1 saturated heterocycles. The van der Waals surface area contributed by atoms with E-state index in [9.17, 15) is 4.79 Å². The van der Waals surface area contributed by atoms with E-state index < -0.39 is 5.41 Å². The number of carbonyl (C=O) groups excluding carboxylic acids is 1. The SMILES string of the molecule is CCNC(=NCC(C)(C)C(N)=O)N1CCC(CC(C)C)C1. The van der Waals surface area contributed by atoms with Crippen molar-refractivity contribution in [3.8, 4) is 0 Å². The van der Waals surface area contributed by atoms with E-state index in [1.807, 2.05) is 13.8 Å². The molecule has 21 heavy (non-hydrogen) atoms. The fourth-order valence-electron chi connectivity index (χ4n) is 2.66. The van der Waals surface area contributed by atoms with Gasteiger partial charge in [-0.1, -0.05) is 13.8 Å². The van der Waals surface area contributed by atoms with Crippen molar-refractivity contribution in [2.45, 2.75) is 47.5 Å².